The predicted octanol–water partition coefficient (Wildman–Crippen LogP) is 2.52. The maximum Gasteiger partial charge on any atom is 0.272 e. The van der Waals surface area contributed by atoms with Gasteiger partial charge in [0.25, 0.3) is 5.91 Å². The van der Waals surface area contributed by atoms with Crippen LogP contribution in [0.1, 0.15) is 59.9 Å². The highest BCUT2D eigenvalue weighted by Crippen LogP contribution is 2.32. The maximum atomic E-state index is 13.3. The molecule has 0 bridgehead atoms. The van der Waals surface area contributed by atoms with Crippen molar-refractivity contribution in [3.63, 3.8) is 0 Å². The van der Waals surface area contributed by atoms with Crippen LogP contribution in [0.5, 0.6) is 0 Å². The molecule has 6 nitrogen and oxygen atoms in total. The van der Waals surface area contributed by atoms with Crippen molar-refractivity contribution in [2.75, 3.05) is 6.54 Å². The van der Waals surface area contributed by atoms with Gasteiger partial charge >= 0.3 is 0 Å². The molecule has 25 heavy (non-hydrogen) atoms. The number of carbonyl (C=O) groups is 1. The summed E-state index contributed by atoms with van der Waals surface area (Å²) in [6, 6.07) is 4.06. The van der Waals surface area contributed by atoms with E-state index in [0.29, 0.717) is 13.1 Å². The van der Waals surface area contributed by atoms with Crippen LogP contribution in [0, 0.1) is 0 Å². The van der Waals surface area contributed by atoms with E-state index >= 15 is 0 Å². The summed E-state index contributed by atoms with van der Waals surface area (Å²) in [6.07, 6.45) is 3.43. The lowest BCUT2D eigenvalue weighted by molar-refractivity contribution is -0.00716. The molecular formula is C19H24N4O2. The minimum atomic E-state index is -0.0677. The van der Waals surface area contributed by atoms with E-state index < -0.39 is 0 Å². The number of nitrogens with zero attached hydrogens (tertiary/aromatic N) is 4. The molecule has 0 saturated heterocycles. The molecule has 4 heterocycles. The summed E-state index contributed by atoms with van der Waals surface area (Å²) in [4.78, 5) is 19.7. The van der Waals surface area contributed by atoms with Gasteiger partial charge in [-0.1, -0.05) is 6.07 Å². The van der Waals surface area contributed by atoms with Crippen LogP contribution in [0.15, 0.2) is 18.3 Å². The maximum absolute atomic E-state index is 13.3. The lowest BCUT2D eigenvalue weighted by atomic mass is 9.98. The van der Waals surface area contributed by atoms with E-state index in [1.165, 1.54) is 5.56 Å². The van der Waals surface area contributed by atoms with Gasteiger partial charge in [-0.2, -0.15) is 5.10 Å². The van der Waals surface area contributed by atoms with Crippen molar-refractivity contribution in [2.45, 2.75) is 58.9 Å². The second-order valence-electron chi connectivity index (χ2n) is 6.91. The highest BCUT2D eigenvalue weighted by molar-refractivity contribution is 5.94. The zero-order chi connectivity index (χ0) is 17.6. The van der Waals surface area contributed by atoms with Crippen LogP contribution >= 0.6 is 0 Å². The first-order chi connectivity index (χ1) is 12.1. The third-order valence-electron chi connectivity index (χ3n) is 5.16. The number of aryl methyl sites for hydroxylation is 1. The van der Waals surface area contributed by atoms with Crippen LogP contribution in [0.2, 0.25) is 0 Å². The standard InChI is InChI=1S/C19H24N4O2/c1-4-23-18(15-10-12(2)25-13(3)17(15)21-23)19(24)22-9-7-14-6-5-8-20-16(14)11-22/h5-6,8,12-13H,4,7,9-11H2,1-3H3/t12-,13+/m0/s1. The molecule has 132 valence electrons. The Morgan fingerprint density at radius 3 is 3.04 bits per heavy atom. The van der Waals surface area contributed by atoms with E-state index in [1.807, 2.05) is 29.5 Å². The van der Waals surface area contributed by atoms with Gasteiger partial charge in [-0.05, 0) is 38.8 Å². The van der Waals surface area contributed by atoms with E-state index in [-0.39, 0.29) is 18.1 Å². The van der Waals surface area contributed by atoms with Crippen molar-refractivity contribution in [1.82, 2.24) is 19.7 Å². The largest absolute Gasteiger partial charge is 0.369 e. The molecule has 0 aliphatic carbocycles. The monoisotopic (exact) mass is 340 g/mol. The van der Waals surface area contributed by atoms with Gasteiger partial charge in [0, 0.05) is 31.3 Å². The Labute approximate surface area is 147 Å². The van der Waals surface area contributed by atoms with Gasteiger partial charge in [-0.3, -0.25) is 14.5 Å². The first-order valence-electron chi connectivity index (χ1n) is 9.05. The van der Waals surface area contributed by atoms with Gasteiger partial charge in [0.05, 0.1) is 30.1 Å². The number of hydrogen-bond acceptors (Lipinski definition) is 4. The summed E-state index contributed by atoms with van der Waals surface area (Å²) in [5.41, 5.74) is 4.96. The Morgan fingerprint density at radius 1 is 1.40 bits per heavy atom. The number of hydrogen-bond donors (Lipinski definition) is 0. The fraction of sp³-hybridized carbons (Fsp3) is 0.526. The highest BCUT2D eigenvalue weighted by Gasteiger charge is 2.34. The molecule has 2 aromatic rings. The fourth-order valence-corrected chi connectivity index (χ4v) is 3.94. The Morgan fingerprint density at radius 2 is 2.24 bits per heavy atom. The van der Waals surface area contributed by atoms with Gasteiger partial charge in [-0.25, -0.2) is 0 Å². The number of rotatable bonds is 2. The highest BCUT2D eigenvalue weighted by atomic mass is 16.5. The number of pyridine rings is 1. The summed E-state index contributed by atoms with van der Waals surface area (Å²) in [7, 11) is 0. The van der Waals surface area contributed by atoms with Crippen molar-refractivity contribution in [2.24, 2.45) is 0 Å². The first-order valence-corrected chi connectivity index (χ1v) is 9.05. The Kier molecular flexibility index (Phi) is 4.07. The van der Waals surface area contributed by atoms with Gasteiger partial charge in [0.15, 0.2) is 0 Å². The van der Waals surface area contributed by atoms with Crippen molar-refractivity contribution in [3.8, 4) is 0 Å². The number of ether oxygens (including phenoxy) is 1. The molecular weight excluding hydrogens is 316 g/mol. The Hall–Kier alpha value is -2.21. The summed E-state index contributed by atoms with van der Waals surface area (Å²) >= 11 is 0. The van der Waals surface area contributed by atoms with Gasteiger partial charge in [0.2, 0.25) is 0 Å². The summed E-state index contributed by atoms with van der Waals surface area (Å²) in [5, 5.41) is 4.67. The van der Waals surface area contributed by atoms with Gasteiger partial charge in [-0.15, -0.1) is 0 Å². The molecule has 2 aliphatic heterocycles. The SMILES string of the molecule is CCn1nc2c(c1C(=O)N1CCc3cccnc3C1)C[C@H](C)O[C@@H]2C. The topological polar surface area (TPSA) is 60.2 Å². The molecule has 0 radical (unpaired) electrons. The normalized spacial score (nSPS) is 22.4. The van der Waals surface area contributed by atoms with Gasteiger partial charge < -0.3 is 9.64 Å². The average Bonchev–Trinajstić information content (AvgIpc) is 2.99. The fourth-order valence-electron chi connectivity index (χ4n) is 3.94. The minimum absolute atomic E-state index is 0.0632. The zero-order valence-electron chi connectivity index (χ0n) is 15.0. The van der Waals surface area contributed by atoms with Crippen LogP contribution in [0.4, 0.5) is 0 Å². The minimum Gasteiger partial charge on any atom is -0.369 e. The second-order valence-corrected chi connectivity index (χ2v) is 6.91. The van der Waals surface area contributed by atoms with Crippen molar-refractivity contribution in [1.29, 1.82) is 0 Å². The second kappa shape index (κ2) is 6.26. The smallest absolute Gasteiger partial charge is 0.272 e. The molecule has 2 aliphatic rings. The molecule has 0 saturated carbocycles. The number of fused-ring (bicyclic) bond motifs is 2. The van der Waals surface area contributed by atoms with Crippen molar-refractivity contribution in [3.05, 3.63) is 46.5 Å². The van der Waals surface area contributed by atoms with Crippen LogP contribution < -0.4 is 0 Å². The number of carbonyl (C=O) groups excluding carboxylic acids is 1. The predicted molar refractivity (Wildman–Crippen MR) is 93.2 cm³/mol. The third kappa shape index (κ3) is 2.74. The van der Waals surface area contributed by atoms with Crippen LogP contribution in [0.3, 0.4) is 0 Å². The van der Waals surface area contributed by atoms with E-state index in [2.05, 4.69) is 23.1 Å². The quantitative estimate of drug-likeness (QED) is 0.843. The Balaban J connectivity index is 1.69. The van der Waals surface area contributed by atoms with Crippen LogP contribution in [0.25, 0.3) is 0 Å². The molecule has 0 spiro atoms. The Bertz CT molecular complexity index is 814. The summed E-state index contributed by atoms with van der Waals surface area (Å²) in [5.74, 6) is 0.0632. The zero-order valence-corrected chi connectivity index (χ0v) is 15.0. The van der Waals surface area contributed by atoms with Crippen LogP contribution in [-0.4, -0.2) is 38.2 Å². The number of aromatic nitrogens is 3. The molecule has 0 fully saturated rings. The van der Waals surface area contributed by atoms with E-state index in [9.17, 15) is 4.79 Å². The molecule has 2 aromatic heterocycles. The van der Waals surface area contributed by atoms with Crippen molar-refractivity contribution >= 4 is 5.91 Å². The molecule has 2 atom stereocenters. The van der Waals surface area contributed by atoms with Gasteiger partial charge in [0.1, 0.15) is 5.69 Å². The van der Waals surface area contributed by atoms with E-state index in [1.54, 1.807) is 6.20 Å². The lowest BCUT2D eigenvalue weighted by Gasteiger charge is -2.29. The summed E-state index contributed by atoms with van der Waals surface area (Å²) < 4.78 is 7.73. The first kappa shape index (κ1) is 16.3. The molecule has 6 heteroatoms. The molecule has 0 N–H and O–H groups in total. The number of amides is 1. The summed E-state index contributed by atoms with van der Waals surface area (Å²) in [6.45, 7) is 8.06. The average molecular weight is 340 g/mol. The van der Waals surface area contributed by atoms with Crippen LogP contribution in [-0.2, 0) is 30.7 Å². The molecule has 0 unspecified atom stereocenters. The molecule has 4 rings (SSSR count). The lowest BCUT2D eigenvalue weighted by Crippen LogP contribution is -2.38. The third-order valence-corrected chi connectivity index (χ3v) is 5.16. The van der Waals surface area contributed by atoms with E-state index in [0.717, 1.165) is 42.0 Å². The molecule has 0 aromatic carbocycles. The van der Waals surface area contributed by atoms with E-state index in [4.69, 9.17) is 4.74 Å². The molecule has 1 amide bonds. The van der Waals surface area contributed by atoms with Crippen molar-refractivity contribution < 1.29 is 9.53 Å².